The van der Waals surface area contributed by atoms with Crippen LogP contribution in [0.3, 0.4) is 0 Å². The molecule has 0 saturated carbocycles. The number of carbonyl (C=O) groups excluding carboxylic acids is 1. The number of nitro groups is 1. The van der Waals surface area contributed by atoms with Crippen LogP contribution >= 0.6 is 0 Å². The average molecular weight is 382 g/mol. The Morgan fingerprint density at radius 1 is 1.07 bits per heavy atom. The number of esters is 1. The molecule has 1 fully saturated rings. The SMILES string of the molecule is CC(C)(C)C1C(C(=O)OCc2ccccc2)NC(c2ccccc2)C1[N+](=O)[O-]. The Morgan fingerprint density at radius 2 is 1.64 bits per heavy atom. The fraction of sp³-hybridized carbons (Fsp3) is 0.409. The average Bonchev–Trinajstić information content (AvgIpc) is 3.09. The van der Waals surface area contributed by atoms with E-state index < -0.39 is 35.4 Å². The van der Waals surface area contributed by atoms with Crippen LogP contribution in [0.25, 0.3) is 0 Å². The Bertz CT molecular complexity index is 817. The molecule has 1 N–H and O–H groups in total. The highest BCUT2D eigenvalue weighted by Gasteiger charge is 2.58. The van der Waals surface area contributed by atoms with E-state index in [0.29, 0.717) is 0 Å². The van der Waals surface area contributed by atoms with Crippen molar-refractivity contribution in [1.82, 2.24) is 5.32 Å². The van der Waals surface area contributed by atoms with Gasteiger partial charge >= 0.3 is 5.97 Å². The largest absolute Gasteiger partial charge is 0.460 e. The molecule has 6 nitrogen and oxygen atoms in total. The molecule has 0 aliphatic carbocycles. The number of nitrogens with zero attached hydrogens (tertiary/aromatic N) is 1. The van der Waals surface area contributed by atoms with Crippen LogP contribution in [0.2, 0.25) is 0 Å². The van der Waals surface area contributed by atoms with Crippen LogP contribution in [0.5, 0.6) is 0 Å². The molecule has 1 aliphatic rings. The van der Waals surface area contributed by atoms with E-state index >= 15 is 0 Å². The third-order valence-electron chi connectivity index (χ3n) is 5.31. The summed E-state index contributed by atoms with van der Waals surface area (Å²) in [5, 5.41) is 15.2. The predicted octanol–water partition coefficient (Wildman–Crippen LogP) is 3.75. The normalized spacial score (nSPS) is 24.7. The summed E-state index contributed by atoms with van der Waals surface area (Å²) in [6, 6.07) is 16.5. The lowest BCUT2D eigenvalue weighted by Crippen LogP contribution is -2.45. The molecule has 0 bridgehead atoms. The summed E-state index contributed by atoms with van der Waals surface area (Å²) in [5.41, 5.74) is 1.23. The van der Waals surface area contributed by atoms with Crippen molar-refractivity contribution in [2.24, 2.45) is 11.3 Å². The number of carbonyl (C=O) groups is 1. The lowest BCUT2D eigenvalue weighted by atomic mass is 9.73. The molecule has 2 aromatic rings. The van der Waals surface area contributed by atoms with Gasteiger partial charge in [-0.1, -0.05) is 81.4 Å². The highest BCUT2D eigenvalue weighted by Crippen LogP contribution is 2.43. The number of benzene rings is 2. The van der Waals surface area contributed by atoms with Gasteiger partial charge in [-0.3, -0.25) is 20.2 Å². The zero-order chi connectivity index (χ0) is 20.3. The van der Waals surface area contributed by atoms with Gasteiger partial charge in [0.1, 0.15) is 18.7 Å². The van der Waals surface area contributed by atoms with Gasteiger partial charge in [0, 0.05) is 4.92 Å². The van der Waals surface area contributed by atoms with Crippen LogP contribution in [0.15, 0.2) is 60.7 Å². The molecule has 0 radical (unpaired) electrons. The lowest BCUT2D eigenvalue weighted by molar-refractivity contribution is -0.535. The van der Waals surface area contributed by atoms with E-state index in [1.54, 1.807) is 0 Å². The zero-order valence-electron chi connectivity index (χ0n) is 16.4. The second-order valence-electron chi connectivity index (χ2n) is 8.29. The van der Waals surface area contributed by atoms with Gasteiger partial charge in [0.15, 0.2) is 0 Å². The monoisotopic (exact) mass is 382 g/mol. The standard InChI is InChI=1S/C22H26N2O4/c1-22(2,3)17-19(21(25)28-14-15-10-6-4-7-11-15)23-18(20(17)24(26)27)16-12-8-5-9-13-16/h4-13,17-20,23H,14H2,1-3H3. The maximum atomic E-state index is 12.9. The Labute approximate surface area is 165 Å². The Morgan fingerprint density at radius 3 is 2.18 bits per heavy atom. The lowest BCUT2D eigenvalue weighted by Gasteiger charge is -2.31. The molecule has 0 aromatic heterocycles. The third kappa shape index (κ3) is 4.22. The Kier molecular flexibility index (Phi) is 5.79. The van der Waals surface area contributed by atoms with Crippen molar-refractivity contribution in [1.29, 1.82) is 0 Å². The van der Waals surface area contributed by atoms with E-state index in [0.717, 1.165) is 11.1 Å². The van der Waals surface area contributed by atoms with Gasteiger partial charge < -0.3 is 4.74 Å². The van der Waals surface area contributed by atoms with Crippen molar-refractivity contribution in [3.63, 3.8) is 0 Å². The van der Waals surface area contributed by atoms with Crippen molar-refractivity contribution in [2.75, 3.05) is 0 Å². The van der Waals surface area contributed by atoms with Gasteiger partial charge in [-0.05, 0) is 16.5 Å². The van der Waals surface area contributed by atoms with E-state index in [4.69, 9.17) is 4.74 Å². The molecule has 2 aromatic carbocycles. The van der Waals surface area contributed by atoms with Gasteiger partial charge in [0.05, 0.1) is 5.92 Å². The highest BCUT2D eigenvalue weighted by molar-refractivity contribution is 5.77. The van der Waals surface area contributed by atoms with Crippen LogP contribution in [0.1, 0.15) is 37.9 Å². The van der Waals surface area contributed by atoms with Crippen LogP contribution in [0, 0.1) is 21.4 Å². The highest BCUT2D eigenvalue weighted by atomic mass is 16.6. The molecule has 1 saturated heterocycles. The second kappa shape index (κ2) is 8.10. The van der Waals surface area contributed by atoms with Crippen LogP contribution < -0.4 is 5.32 Å². The summed E-state index contributed by atoms with van der Waals surface area (Å²) >= 11 is 0. The quantitative estimate of drug-likeness (QED) is 0.484. The molecule has 0 amide bonds. The molecule has 4 unspecified atom stereocenters. The first kappa shape index (κ1) is 20.0. The smallest absolute Gasteiger partial charge is 0.324 e. The molecular formula is C22H26N2O4. The minimum absolute atomic E-state index is 0.147. The molecule has 3 rings (SSSR count). The molecule has 1 aliphatic heterocycles. The molecule has 0 spiro atoms. The van der Waals surface area contributed by atoms with E-state index in [1.807, 2.05) is 81.4 Å². The number of rotatable bonds is 5. The molecule has 148 valence electrons. The molecule has 1 heterocycles. The van der Waals surface area contributed by atoms with Crippen molar-refractivity contribution in [2.45, 2.75) is 45.5 Å². The molecule has 4 atom stereocenters. The number of hydrogen-bond donors (Lipinski definition) is 1. The van der Waals surface area contributed by atoms with Crippen LogP contribution in [0.4, 0.5) is 0 Å². The Balaban J connectivity index is 1.87. The van der Waals surface area contributed by atoms with Gasteiger partial charge in [-0.25, -0.2) is 0 Å². The minimum Gasteiger partial charge on any atom is -0.460 e. The summed E-state index contributed by atoms with van der Waals surface area (Å²) < 4.78 is 5.53. The van der Waals surface area contributed by atoms with Gasteiger partial charge in [-0.2, -0.15) is 0 Å². The number of hydrogen-bond acceptors (Lipinski definition) is 5. The topological polar surface area (TPSA) is 81.5 Å². The number of ether oxygens (including phenoxy) is 1. The summed E-state index contributed by atoms with van der Waals surface area (Å²) in [7, 11) is 0. The summed E-state index contributed by atoms with van der Waals surface area (Å²) in [6.07, 6.45) is 0. The van der Waals surface area contributed by atoms with Crippen molar-refractivity contribution >= 4 is 5.97 Å². The maximum Gasteiger partial charge on any atom is 0.324 e. The zero-order valence-corrected chi connectivity index (χ0v) is 16.4. The van der Waals surface area contributed by atoms with E-state index in [-0.39, 0.29) is 11.5 Å². The van der Waals surface area contributed by atoms with Gasteiger partial charge in [-0.15, -0.1) is 0 Å². The van der Waals surface area contributed by atoms with Crippen LogP contribution in [-0.4, -0.2) is 23.0 Å². The fourth-order valence-corrected chi connectivity index (χ4v) is 4.05. The summed E-state index contributed by atoms with van der Waals surface area (Å²) in [4.78, 5) is 24.7. The maximum absolute atomic E-state index is 12.9. The first-order valence-electron chi connectivity index (χ1n) is 9.44. The van der Waals surface area contributed by atoms with Crippen molar-refractivity contribution in [3.05, 3.63) is 81.9 Å². The molecule has 6 heteroatoms. The van der Waals surface area contributed by atoms with Crippen LogP contribution in [-0.2, 0) is 16.1 Å². The van der Waals surface area contributed by atoms with E-state index in [2.05, 4.69) is 5.32 Å². The number of nitrogens with one attached hydrogen (secondary N) is 1. The van der Waals surface area contributed by atoms with Gasteiger partial charge in [0.2, 0.25) is 6.04 Å². The van der Waals surface area contributed by atoms with E-state index in [1.165, 1.54) is 0 Å². The minimum atomic E-state index is -0.920. The summed E-state index contributed by atoms with van der Waals surface area (Å²) in [5.74, 6) is -0.954. The van der Waals surface area contributed by atoms with Gasteiger partial charge in [0.25, 0.3) is 0 Å². The molecule has 28 heavy (non-hydrogen) atoms. The summed E-state index contributed by atoms with van der Waals surface area (Å²) in [6.45, 7) is 5.94. The fourth-order valence-electron chi connectivity index (χ4n) is 4.05. The van der Waals surface area contributed by atoms with E-state index in [9.17, 15) is 14.9 Å². The predicted molar refractivity (Wildman–Crippen MR) is 106 cm³/mol. The Hall–Kier alpha value is -2.73. The third-order valence-corrected chi connectivity index (χ3v) is 5.31. The first-order chi connectivity index (χ1) is 13.3. The van der Waals surface area contributed by atoms with Crippen molar-refractivity contribution in [3.8, 4) is 0 Å². The van der Waals surface area contributed by atoms with Crippen molar-refractivity contribution < 1.29 is 14.5 Å². The second-order valence-corrected chi connectivity index (χ2v) is 8.29. The molecular weight excluding hydrogens is 356 g/mol. The first-order valence-corrected chi connectivity index (χ1v) is 9.44.